The minimum Gasteiger partial charge on any atom is -0.379 e. The topological polar surface area (TPSA) is 79.4 Å². The van der Waals surface area contributed by atoms with Crippen molar-refractivity contribution in [3.05, 3.63) is 18.1 Å². The van der Waals surface area contributed by atoms with Crippen LogP contribution in [0, 0.1) is 5.92 Å². The maximum atomic E-state index is 12.0. The molecule has 0 saturated carbocycles. The molecule has 2 rings (SSSR count). The molecule has 2 heterocycles. The van der Waals surface area contributed by atoms with Gasteiger partial charge in [-0.05, 0) is 12.3 Å². The van der Waals surface area contributed by atoms with E-state index in [1.54, 1.807) is 6.20 Å². The van der Waals surface area contributed by atoms with Crippen LogP contribution in [-0.2, 0) is 4.74 Å². The fourth-order valence-electron chi connectivity index (χ4n) is 2.27. The lowest BCUT2D eigenvalue weighted by molar-refractivity contribution is 0.0383. The van der Waals surface area contributed by atoms with E-state index in [4.69, 9.17) is 4.74 Å². The average Bonchev–Trinajstić information content (AvgIpc) is 2.56. The first-order valence-corrected chi connectivity index (χ1v) is 8.29. The number of nitrogens with zero attached hydrogens (tertiary/aromatic N) is 3. The van der Waals surface area contributed by atoms with Crippen molar-refractivity contribution in [3.8, 4) is 0 Å². The van der Waals surface area contributed by atoms with Crippen LogP contribution in [-0.4, -0.2) is 66.7 Å². The second-order valence-electron chi connectivity index (χ2n) is 6.11. The fraction of sp³-hybridized carbons (Fsp3) is 0.688. The van der Waals surface area contributed by atoms with Gasteiger partial charge in [0.1, 0.15) is 11.5 Å². The van der Waals surface area contributed by atoms with E-state index in [1.165, 1.54) is 6.20 Å². The quantitative estimate of drug-likeness (QED) is 0.743. The third-order valence-electron chi connectivity index (χ3n) is 3.73. The van der Waals surface area contributed by atoms with E-state index in [0.29, 0.717) is 24.0 Å². The van der Waals surface area contributed by atoms with E-state index in [-0.39, 0.29) is 5.91 Å². The number of aromatic nitrogens is 2. The van der Waals surface area contributed by atoms with Crippen LogP contribution in [0.4, 0.5) is 5.82 Å². The molecule has 2 N–H and O–H groups in total. The molecule has 1 fully saturated rings. The molecule has 7 heteroatoms. The first kappa shape index (κ1) is 17.6. The molecule has 7 nitrogen and oxygen atoms in total. The third kappa shape index (κ3) is 6.50. The van der Waals surface area contributed by atoms with Gasteiger partial charge < -0.3 is 15.4 Å². The van der Waals surface area contributed by atoms with Gasteiger partial charge in [-0.25, -0.2) is 9.97 Å². The fourth-order valence-corrected chi connectivity index (χ4v) is 2.27. The van der Waals surface area contributed by atoms with Gasteiger partial charge in [0.2, 0.25) is 0 Å². The zero-order valence-electron chi connectivity index (χ0n) is 14.0. The van der Waals surface area contributed by atoms with Crippen LogP contribution in [0.15, 0.2) is 12.4 Å². The Morgan fingerprint density at radius 1 is 1.26 bits per heavy atom. The smallest absolute Gasteiger partial charge is 0.271 e. The highest BCUT2D eigenvalue weighted by molar-refractivity contribution is 5.91. The largest absolute Gasteiger partial charge is 0.379 e. The van der Waals surface area contributed by atoms with E-state index in [1.807, 2.05) is 0 Å². The van der Waals surface area contributed by atoms with Crippen LogP contribution in [0.2, 0.25) is 0 Å². The van der Waals surface area contributed by atoms with Crippen LogP contribution in [0.1, 0.15) is 30.8 Å². The maximum absolute atomic E-state index is 12.0. The molecule has 1 aliphatic rings. The molecule has 0 aliphatic carbocycles. The van der Waals surface area contributed by atoms with Crippen molar-refractivity contribution in [3.63, 3.8) is 0 Å². The molecule has 1 amide bonds. The van der Waals surface area contributed by atoms with Crippen molar-refractivity contribution in [2.75, 3.05) is 51.3 Å². The van der Waals surface area contributed by atoms with E-state index in [9.17, 15) is 4.79 Å². The molecule has 1 aromatic heterocycles. The number of anilines is 1. The van der Waals surface area contributed by atoms with E-state index < -0.39 is 0 Å². The zero-order valence-corrected chi connectivity index (χ0v) is 14.0. The number of morpholine rings is 1. The van der Waals surface area contributed by atoms with Crippen LogP contribution >= 0.6 is 0 Å². The van der Waals surface area contributed by atoms with Gasteiger partial charge in [0.05, 0.1) is 25.6 Å². The van der Waals surface area contributed by atoms with Gasteiger partial charge in [0.15, 0.2) is 0 Å². The number of hydrogen-bond acceptors (Lipinski definition) is 6. The predicted octanol–water partition coefficient (Wildman–Crippen LogP) is 0.997. The summed E-state index contributed by atoms with van der Waals surface area (Å²) in [4.78, 5) is 22.7. The lowest BCUT2D eigenvalue weighted by Crippen LogP contribution is -2.41. The number of rotatable bonds is 8. The summed E-state index contributed by atoms with van der Waals surface area (Å²) in [6.45, 7) is 10.0. The van der Waals surface area contributed by atoms with E-state index in [0.717, 1.165) is 45.8 Å². The van der Waals surface area contributed by atoms with E-state index in [2.05, 4.69) is 39.3 Å². The van der Waals surface area contributed by atoms with Crippen molar-refractivity contribution in [1.29, 1.82) is 0 Å². The molecule has 0 bridgehead atoms. The van der Waals surface area contributed by atoms with Crippen molar-refractivity contribution in [1.82, 2.24) is 20.2 Å². The van der Waals surface area contributed by atoms with Crippen LogP contribution in [0.5, 0.6) is 0 Å². The highest BCUT2D eigenvalue weighted by atomic mass is 16.5. The molecule has 0 radical (unpaired) electrons. The number of carbonyl (C=O) groups excluding carboxylic acids is 1. The van der Waals surface area contributed by atoms with Crippen LogP contribution < -0.4 is 10.6 Å². The summed E-state index contributed by atoms with van der Waals surface area (Å²) in [7, 11) is 0. The highest BCUT2D eigenvalue weighted by Gasteiger charge is 2.11. The molecule has 0 aromatic carbocycles. The van der Waals surface area contributed by atoms with Crippen molar-refractivity contribution in [2.24, 2.45) is 5.92 Å². The summed E-state index contributed by atoms with van der Waals surface area (Å²) < 4.78 is 5.30. The van der Waals surface area contributed by atoms with Gasteiger partial charge in [-0.1, -0.05) is 13.8 Å². The van der Waals surface area contributed by atoms with Gasteiger partial charge in [-0.3, -0.25) is 9.69 Å². The molecule has 128 valence electrons. The molecular formula is C16H27N5O2. The zero-order chi connectivity index (χ0) is 16.5. The summed E-state index contributed by atoms with van der Waals surface area (Å²) in [5, 5.41) is 6.08. The number of amides is 1. The lowest BCUT2D eigenvalue weighted by Gasteiger charge is -2.26. The van der Waals surface area contributed by atoms with Gasteiger partial charge in [0.25, 0.3) is 5.91 Å². The monoisotopic (exact) mass is 321 g/mol. The van der Waals surface area contributed by atoms with Crippen molar-refractivity contribution in [2.45, 2.75) is 20.3 Å². The standard InChI is InChI=1S/C16H27N5O2/c1-13(2)3-4-17-15-12-19-14(11-20-15)16(22)18-5-6-21-7-9-23-10-8-21/h11-13H,3-10H2,1-2H3,(H,17,20)(H,18,22). The normalized spacial score (nSPS) is 15.6. The second kappa shape index (κ2) is 9.42. The maximum Gasteiger partial charge on any atom is 0.271 e. The Labute approximate surface area is 137 Å². The predicted molar refractivity (Wildman–Crippen MR) is 89.6 cm³/mol. The van der Waals surface area contributed by atoms with Gasteiger partial charge >= 0.3 is 0 Å². The molecule has 1 saturated heterocycles. The Morgan fingerprint density at radius 2 is 2.04 bits per heavy atom. The molecule has 1 aliphatic heterocycles. The number of ether oxygens (including phenoxy) is 1. The minimum absolute atomic E-state index is 0.181. The molecule has 0 unspecified atom stereocenters. The SMILES string of the molecule is CC(C)CCNc1cnc(C(=O)NCCN2CCOCC2)cn1. The third-order valence-corrected chi connectivity index (χ3v) is 3.73. The summed E-state index contributed by atoms with van der Waals surface area (Å²) in [5.41, 5.74) is 0.349. The lowest BCUT2D eigenvalue weighted by atomic mass is 10.1. The molecular weight excluding hydrogens is 294 g/mol. The van der Waals surface area contributed by atoms with Gasteiger partial charge in [0, 0.05) is 32.7 Å². The second-order valence-corrected chi connectivity index (χ2v) is 6.11. The Bertz CT molecular complexity index is 472. The summed E-state index contributed by atoms with van der Waals surface area (Å²) >= 11 is 0. The molecule has 0 spiro atoms. The van der Waals surface area contributed by atoms with Gasteiger partial charge in [-0.15, -0.1) is 0 Å². The summed E-state index contributed by atoms with van der Waals surface area (Å²) in [5.74, 6) is 1.17. The van der Waals surface area contributed by atoms with Crippen molar-refractivity contribution < 1.29 is 9.53 Å². The first-order chi connectivity index (χ1) is 11.1. The number of hydrogen-bond donors (Lipinski definition) is 2. The number of carbonyl (C=O) groups is 1. The van der Waals surface area contributed by atoms with E-state index >= 15 is 0 Å². The van der Waals surface area contributed by atoms with Crippen LogP contribution in [0.25, 0.3) is 0 Å². The van der Waals surface area contributed by atoms with Gasteiger partial charge in [-0.2, -0.15) is 0 Å². The number of nitrogens with one attached hydrogen (secondary N) is 2. The summed E-state index contributed by atoms with van der Waals surface area (Å²) in [6.07, 6.45) is 4.20. The summed E-state index contributed by atoms with van der Waals surface area (Å²) in [6, 6.07) is 0. The molecule has 0 atom stereocenters. The molecule has 23 heavy (non-hydrogen) atoms. The Balaban J connectivity index is 1.69. The first-order valence-electron chi connectivity index (χ1n) is 8.29. The Morgan fingerprint density at radius 3 is 2.70 bits per heavy atom. The Hall–Kier alpha value is -1.73. The van der Waals surface area contributed by atoms with Crippen molar-refractivity contribution >= 4 is 11.7 Å². The average molecular weight is 321 g/mol. The minimum atomic E-state index is -0.181. The Kier molecular flexibility index (Phi) is 7.22. The highest BCUT2D eigenvalue weighted by Crippen LogP contribution is 2.04. The van der Waals surface area contributed by atoms with Crippen LogP contribution in [0.3, 0.4) is 0 Å². The molecule has 1 aromatic rings.